The van der Waals surface area contributed by atoms with Gasteiger partial charge in [-0.25, -0.2) is 0 Å². The molecule has 0 fully saturated rings. The van der Waals surface area contributed by atoms with Crippen molar-refractivity contribution in [3.8, 4) is 0 Å². The Morgan fingerprint density at radius 2 is 1.90 bits per heavy atom. The third-order valence-electron chi connectivity index (χ3n) is 1.85. The van der Waals surface area contributed by atoms with Crippen LogP contribution in [0, 0.1) is 0 Å². The first-order valence-electron chi connectivity index (χ1n) is 4.01. The van der Waals surface area contributed by atoms with Crippen LogP contribution in [0.1, 0.15) is 26.7 Å². The summed E-state index contributed by atoms with van der Waals surface area (Å²) in [7, 11) is 4.17. The zero-order valence-electron chi connectivity index (χ0n) is 7.59. The number of nitrogens with two attached hydrogens (primary N) is 1. The molecule has 2 unspecified atom stereocenters. The lowest BCUT2D eigenvalue weighted by molar-refractivity contribution is 0.246. The van der Waals surface area contributed by atoms with E-state index < -0.39 is 0 Å². The molecule has 0 aromatic heterocycles. The molecule has 2 nitrogen and oxygen atoms in total. The monoisotopic (exact) mass is 144 g/mol. The summed E-state index contributed by atoms with van der Waals surface area (Å²) >= 11 is 0. The quantitative estimate of drug-likeness (QED) is 0.639. The van der Waals surface area contributed by atoms with E-state index >= 15 is 0 Å². The number of likely N-dealkylation sites (N-methyl/N-ethyl adjacent to an activating group) is 1. The van der Waals surface area contributed by atoms with Crippen molar-refractivity contribution in [3.05, 3.63) is 0 Å². The molecule has 0 radical (unpaired) electrons. The maximum atomic E-state index is 5.78. The molecule has 62 valence electrons. The van der Waals surface area contributed by atoms with Gasteiger partial charge in [-0.2, -0.15) is 0 Å². The highest BCUT2D eigenvalue weighted by Gasteiger charge is 2.13. The first-order valence-corrected chi connectivity index (χ1v) is 4.01. The largest absolute Gasteiger partial charge is 0.327 e. The molecule has 0 spiro atoms. The number of rotatable bonds is 4. The van der Waals surface area contributed by atoms with Crippen molar-refractivity contribution in [1.82, 2.24) is 4.90 Å². The molecule has 0 aliphatic rings. The molecule has 2 atom stereocenters. The molecule has 0 amide bonds. The Morgan fingerprint density at radius 3 is 2.00 bits per heavy atom. The molecular formula is C8H20N2. The van der Waals surface area contributed by atoms with E-state index in [4.69, 9.17) is 5.73 Å². The van der Waals surface area contributed by atoms with Crippen LogP contribution in [0.5, 0.6) is 0 Å². The topological polar surface area (TPSA) is 29.3 Å². The Balaban J connectivity index is 3.73. The summed E-state index contributed by atoms with van der Waals surface area (Å²) in [5.41, 5.74) is 5.78. The van der Waals surface area contributed by atoms with Gasteiger partial charge in [0.05, 0.1) is 0 Å². The lowest BCUT2D eigenvalue weighted by atomic mass is 10.1. The molecule has 0 saturated carbocycles. The first-order chi connectivity index (χ1) is 4.59. The highest BCUT2D eigenvalue weighted by molar-refractivity contribution is 4.74. The molecule has 2 N–H and O–H groups in total. The molecule has 0 saturated heterocycles. The number of nitrogens with zero attached hydrogens (tertiary/aromatic N) is 1. The second-order valence-corrected chi connectivity index (χ2v) is 3.18. The normalized spacial score (nSPS) is 17.4. The van der Waals surface area contributed by atoms with E-state index in [-0.39, 0.29) is 6.04 Å². The smallest absolute Gasteiger partial charge is 0.0238 e. The summed E-state index contributed by atoms with van der Waals surface area (Å²) in [4.78, 5) is 2.20. The number of hydrogen-bond acceptors (Lipinski definition) is 2. The van der Waals surface area contributed by atoms with E-state index in [1.807, 2.05) is 0 Å². The molecule has 0 heterocycles. The molecule has 0 aromatic rings. The van der Waals surface area contributed by atoms with Crippen molar-refractivity contribution in [2.75, 3.05) is 14.1 Å². The van der Waals surface area contributed by atoms with Gasteiger partial charge >= 0.3 is 0 Å². The van der Waals surface area contributed by atoms with Crippen molar-refractivity contribution < 1.29 is 0 Å². The standard InChI is InChI=1S/C8H20N2/c1-5-6-8(7(2)9)10(3)4/h7-8H,5-6,9H2,1-4H3. The van der Waals surface area contributed by atoms with E-state index in [9.17, 15) is 0 Å². The molecule has 0 aromatic carbocycles. The highest BCUT2D eigenvalue weighted by atomic mass is 15.1. The minimum Gasteiger partial charge on any atom is -0.327 e. The van der Waals surface area contributed by atoms with Crippen LogP contribution >= 0.6 is 0 Å². The SMILES string of the molecule is CCCC(C(C)N)N(C)C. The van der Waals surface area contributed by atoms with Crippen molar-refractivity contribution in [1.29, 1.82) is 0 Å². The average Bonchev–Trinajstić information content (AvgIpc) is 1.81. The van der Waals surface area contributed by atoms with Gasteiger partial charge in [0.15, 0.2) is 0 Å². The Bertz CT molecular complexity index is 71.3. The van der Waals surface area contributed by atoms with Crippen LogP contribution in [-0.2, 0) is 0 Å². The van der Waals surface area contributed by atoms with Crippen molar-refractivity contribution in [3.63, 3.8) is 0 Å². The molecule has 10 heavy (non-hydrogen) atoms. The van der Waals surface area contributed by atoms with Gasteiger partial charge in [-0.15, -0.1) is 0 Å². The van der Waals surface area contributed by atoms with Crippen LogP contribution in [0.3, 0.4) is 0 Å². The van der Waals surface area contributed by atoms with Gasteiger partial charge in [-0.05, 0) is 27.4 Å². The zero-order chi connectivity index (χ0) is 8.15. The fourth-order valence-electron chi connectivity index (χ4n) is 1.29. The third kappa shape index (κ3) is 3.18. The van der Waals surface area contributed by atoms with Gasteiger partial charge in [0.25, 0.3) is 0 Å². The van der Waals surface area contributed by atoms with Gasteiger partial charge in [0, 0.05) is 12.1 Å². The van der Waals surface area contributed by atoms with Crippen LogP contribution in [0.15, 0.2) is 0 Å². The lowest BCUT2D eigenvalue weighted by Gasteiger charge is -2.27. The molecule has 0 aliphatic heterocycles. The average molecular weight is 144 g/mol. The van der Waals surface area contributed by atoms with Gasteiger partial charge < -0.3 is 10.6 Å². The maximum absolute atomic E-state index is 5.78. The molecule has 0 rings (SSSR count). The Hall–Kier alpha value is -0.0800. The van der Waals surface area contributed by atoms with Gasteiger partial charge in [0.2, 0.25) is 0 Å². The molecular weight excluding hydrogens is 124 g/mol. The van der Waals surface area contributed by atoms with Crippen LogP contribution < -0.4 is 5.73 Å². The Labute approximate surface area is 64.4 Å². The molecule has 0 aliphatic carbocycles. The summed E-state index contributed by atoms with van der Waals surface area (Å²) in [6, 6.07) is 0.833. The van der Waals surface area contributed by atoms with E-state index in [2.05, 4.69) is 32.8 Å². The van der Waals surface area contributed by atoms with E-state index in [1.165, 1.54) is 12.8 Å². The van der Waals surface area contributed by atoms with Crippen LogP contribution in [0.2, 0.25) is 0 Å². The van der Waals surface area contributed by atoms with Crippen molar-refractivity contribution in [2.24, 2.45) is 5.73 Å². The van der Waals surface area contributed by atoms with Gasteiger partial charge in [0.1, 0.15) is 0 Å². The number of hydrogen-bond donors (Lipinski definition) is 1. The predicted octanol–water partition coefficient (Wildman–Crippen LogP) is 1.06. The molecule has 2 heteroatoms. The lowest BCUT2D eigenvalue weighted by Crippen LogP contribution is -2.42. The summed E-state index contributed by atoms with van der Waals surface area (Å²) < 4.78 is 0. The van der Waals surface area contributed by atoms with Crippen LogP contribution in [-0.4, -0.2) is 31.1 Å². The van der Waals surface area contributed by atoms with Gasteiger partial charge in [-0.1, -0.05) is 13.3 Å². The fourth-order valence-corrected chi connectivity index (χ4v) is 1.29. The van der Waals surface area contributed by atoms with Crippen LogP contribution in [0.4, 0.5) is 0 Å². The Morgan fingerprint density at radius 1 is 1.40 bits per heavy atom. The second-order valence-electron chi connectivity index (χ2n) is 3.18. The predicted molar refractivity (Wildman–Crippen MR) is 46.0 cm³/mol. The summed E-state index contributed by atoms with van der Waals surface area (Å²) in [5.74, 6) is 0. The summed E-state index contributed by atoms with van der Waals surface area (Å²) in [5, 5.41) is 0. The molecule has 0 bridgehead atoms. The maximum Gasteiger partial charge on any atom is 0.0238 e. The van der Waals surface area contributed by atoms with E-state index in [1.54, 1.807) is 0 Å². The summed E-state index contributed by atoms with van der Waals surface area (Å²) in [6.45, 7) is 4.26. The highest BCUT2D eigenvalue weighted by Crippen LogP contribution is 2.05. The van der Waals surface area contributed by atoms with Gasteiger partial charge in [-0.3, -0.25) is 0 Å². The third-order valence-corrected chi connectivity index (χ3v) is 1.85. The minimum atomic E-state index is 0.287. The second kappa shape index (κ2) is 4.69. The van der Waals surface area contributed by atoms with E-state index in [0.29, 0.717) is 6.04 Å². The Kier molecular flexibility index (Phi) is 4.65. The van der Waals surface area contributed by atoms with Crippen molar-refractivity contribution >= 4 is 0 Å². The first kappa shape index (κ1) is 9.92. The van der Waals surface area contributed by atoms with Crippen molar-refractivity contribution in [2.45, 2.75) is 38.8 Å². The zero-order valence-corrected chi connectivity index (χ0v) is 7.59. The summed E-state index contributed by atoms with van der Waals surface area (Å²) in [6.07, 6.45) is 2.41. The van der Waals surface area contributed by atoms with Crippen LogP contribution in [0.25, 0.3) is 0 Å². The van der Waals surface area contributed by atoms with E-state index in [0.717, 1.165) is 0 Å². The minimum absolute atomic E-state index is 0.287. The fraction of sp³-hybridized carbons (Fsp3) is 1.00.